The normalized spacial score (nSPS) is 10.5. The molecule has 0 aliphatic heterocycles. The Bertz CT molecular complexity index is 595. The van der Waals surface area contributed by atoms with E-state index < -0.39 is 5.97 Å². The Balaban J connectivity index is 2.59. The van der Waals surface area contributed by atoms with Gasteiger partial charge in [-0.25, -0.2) is 4.79 Å². The molecule has 0 amide bonds. The first-order valence-electron chi connectivity index (χ1n) is 4.55. The Hall–Kier alpha value is -0.970. The summed E-state index contributed by atoms with van der Waals surface area (Å²) >= 11 is 14.9. The minimum Gasteiger partial charge on any atom is -0.477 e. The number of hydrogen-bond acceptors (Lipinski definition) is 1. The summed E-state index contributed by atoms with van der Waals surface area (Å²) in [6.07, 6.45) is 1.66. The van der Waals surface area contributed by atoms with E-state index in [9.17, 15) is 4.79 Å². The summed E-state index contributed by atoms with van der Waals surface area (Å²) in [6.45, 7) is 0. The molecule has 1 aromatic carbocycles. The molecule has 0 radical (unpaired) electrons. The van der Waals surface area contributed by atoms with E-state index in [1.807, 2.05) is 0 Å². The molecule has 1 aromatic heterocycles. The second kappa shape index (κ2) is 4.72. The van der Waals surface area contributed by atoms with Crippen molar-refractivity contribution in [2.75, 3.05) is 0 Å². The summed E-state index contributed by atoms with van der Waals surface area (Å²) in [6, 6.07) is 6.46. The molecule has 17 heavy (non-hydrogen) atoms. The van der Waals surface area contributed by atoms with Crippen LogP contribution in [-0.4, -0.2) is 15.6 Å². The summed E-state index contributed by atoms with van der Waals surface area (Å²) in [4.78, 5) is 11.1. The molecule has 2 aromatic rings. The first-order valence-corrected chi connectivity index (χ1v) is 6.10. The van der Waals surface area contributed by atoms with Crippen LogP contribution in [0.5, 0.6) is 0 Å². The molecule has 0 aliphatic carbocycles. The number of carboxylic acids is 1. The van der Waals surface area contributed by atoms with Gasteiger partial charge in [0.25, 0.3) is 0 Å². The van der Waals surface area contributed by atoms with Crippen LogP contribution < -0.4 is 0 Å². The summed E-state index contributed by atoms with van der Waals surface area (Å²) in [7, 11) is 0. The third-order valence-electron chi connectivity index (χ3n) is 2.19. The highest BCUT2D eigenvalue weighted by molar-refractivity contribution is 9.10. The van der Waals surface area contributed by atoms with Crippen molar-refractivity contribution in [2.45, 2.75) is 0 Å². The molecule has 1 N–H and O–H groups in total. The number of halogens is 3. The van der Waals surface area contributed by atoms with Crippen LogP contribution in [0.25, 0.3) is 5.69 Å². The molecule has 0 fully saturated rings. The van der Waals surface area contributed by atoms with Gasteiger partial charge >= 0.3 is 5.97 Å². The number of carboxylic acid groups (broad SMARTS) is 1. The van der Waals surface area contributed by atoms with Crippen LogP contribution in [0.4, 0.5) is 0 Å². The van der Waals surface area contributed by atoms with Gasteiger partial charge < -0.3 is 9.67 Å². The van der Waals surface area contributed by atoms with Gasteiger partial charge in [-0.2, -0.15) is 0 Å². The highest BCUT2D eigenvalue weighted by Crippen LogP contribution is 2.27. The van der Waals surface area contributed by atoms with Gasteiger partial charge in [0.05, 0.1) is 10.0 Å². The van der Waals surface area contributed by atoms with Gasteiger partial charge in [0.1, 0.15) is 5.69 Å². The Kier molecular flexibility index (Phi) is 3.47. The van der Waals surface area contributed by atoms with Crippen molar-refractivity contribution >= 4 is 45.1 Å². The Morgan fingerprint density at radius 2 is 1.94 bits per heavy atom. The third kappa shape index (κ3) is 2.49. The highest BCUT2D eigenvalue weighted by Gasteiger charge is 2.13. The maximum Gasteiger partial charge on any atom is 0.352 e. The third-order valence-corrected chi connectivity index (χ3v) is 3.36. The van der Waals surface area contributed by atoms with Gasteiger partial charge in [-0.05, 0) is 40.2 Å². The molecule has 0 saturated carbocycles. The molecule has 6 heteroatoms. The Morgan fingerprint density at radius 1 is 1.24 bits per heavy atom. The predicted octanol–water partition coefficient (Wildman–Crippen LogP) is 4.24. The van der Waals surface area contributed by atoms with Crippen molar-refractivity contribution in [1.82, 2.24) is 4.57 Å². The lowest BCUT2D eigenvalue weighted by Gasteiger charge is -2.07. The van der Waals surface area contributed by atoms with Crippen molar-refractivity contribution in [2.24, 2.45) is 0 Å². The van der Waals surface area contributed by atoms with Gasteiger partial charge in [-0.15, -0.1) is 0 Å². The van der Waals surface area contributed by atoms with Crippen LogP contribution in [0.1, 0.15) is 10.5 Å². The van der Waals surface area contributed by atoms with Gasteiger partial charge in [0, 0.05) is 16.4 Å². The molecule has 0 bridgehead atoms. The van der Waals surface area contributed by atoms with E-state index in [1.54, 1.807) is 24.4 Å². The predicted molar refractivity (Wildman–Crippen MR) is 70.4 cm³/mol. The largest absolute Gasteiger partial charge is 0.477 e. The zero-order valence-electron chi connectivity index (χ0n) is 8.32. The summed E-state index contributed by atoms with van der Waals surface area (Å²) in [5, 5.41) is 9.87. The zero-order chi connectivity index (χ0) is 12.6. The standard InChI is InChI=1S/C11H6BrCl2NO2/c12-6-3-10(11(16)17)15(5-6)7-1-2-8(13)9(14)4-7/h1-5H,(H,16,17). The fourth-order valence-electron chi connectivity index (χ4n) is 1.44. The second-order valence-corrected chi connectivity index (χ2v) is 5.05. The fourth-order valence-corrected chi connectivity index (χ4v) is 2.16. The van der Waals surface area contributed by atoms with E-state index in [1.165, 1.54) is 10.6 Å². The average molecular weight is 335 g/mol. The monoisotopic (exact) mass is 333 g/mol. The number of aromatic nitrogens is 1. The smallest absolute Gasteiger partial charge is 0.352 e. The molecule has 0 saturated heterocycles. The van der Waals surface area contributed by atoms with E-state index in [0.717, 1.165) is 0 Å². The first kappa shape index (κ1) is 12.5. The van der Waals surface area contributed by atoms with Crippen molar-refractivity contribution in [3.05, 3.63) is 50.7 Å². The maximum absolute atomic E-state index is 11.1. The van der Waals surface area contributed by atoms with Crippen molar-refractivity contribution in [3.63, 3.8) is 0 Å². The van der Waals surface area contributed by atoms with Crippen molar-refractivity contribution < 1.29 is 9.90 Å². The first-order chi connectivity index (χ1) is 7.99. The van der Waals surface area contributed by atoms with Crippen LogP contribution in [0.3, 0.4) is 0 Å². The lowest BCUT2D eigenvalue weighted by molar-refractivity contribution is 0.0688. The quantitative estimate of drug-likeness (QED) is 0.892. The molecule has 0 aliphatic rings. The molecule has 1 heterocycles. The number of carbonyl (C=O) groups is 1. The van der Waals surface area contributed by atoms with Crippen LogP contribution in [0, 0.1) is 0 Å². The fraction of sp³-hybridized carbons (Fsp3) is 0. The summed E-state index contributed by atoms with van der Waals surface area (Å²) in [5.74, 6) is -1.01. The van der Waals surface area contributed by atoms with E-state index in [4.69, 9.17) is 28.3 Å². The molecule has 0 atom stereocenters. The minimum atomic E-state index is -1.01. The Morgan fingerprint density at radius 3 is 2.53 bits per heavy atom. The zero-order valence-corrected chi connectivity index (χ0v) is 11.4. The number of benzene rings is 1. The van der Waals surface area contributed by atoms with E-state index in [2.05, 4.69) is 15.9 Å². The highest BCUT2D eigenvalue weighted by atomic mass is 79.9. The van der Waals surface area contributed by atoms with Crippen LogP contribution in [0.2, 0.25) is 10.0 Å². The van der Waals surface area contributed by atoms with E-state index in [-0.39, 0.29) is 5.69 Å². The molecular formula is C11H6BrCl2NO2. The molecule has 88 valence electrons. The molecule has 2 rings (SSSR count). The lowest BCUT2D eigenvalue weighted by atomic mass is 10.3. The average Bonchev–Trinajstić information content (AvgIpc) is 2.64. The van der Waals surface area contributed by atoms with Gasteiger partial charge in [-0.3, -0.25) is 0 Å². The second-order valence-electron chi connectivity index (χ2n) is 3.32. The molecular weight excluding hydrogens is 329 g/mol. The topological polar surface area (TPSA) is 42.2 Å². The number of rotatable bonds is 2. The van der Waals surface area contributed by atoms with E-state index >= 15 is 0 Å². The van der Waals surface area contributed by atoms with Gasteiger partial charge in [-0.1, -0.05) is 23.2 Å². The van der Waals surface area contributed by atoms with Crippen LogP contribution in [-0.2, 0) is 0 Å². The maximum atomic E-state index is 11.1. The lowest BCUT2D eigenvalue weighted by Crippen LogP contribution is -2.05. The van der Waals surface area contributed by atoms with Crippen molar-refractivity contribution in [3.8, 4) is 5.69 Å². The van der Waals surface area contributed by atoms with Crippen molar-refractivity contribution in [1.29, 1.82) is 0 Å². The van der Waals surface area contributed by atoms with Crippen LogP contribution in [0.15, 0.2) is 34.9 Å². The number of aromatic carboxylic acids is 1. The van der Waals surface area contributed by atoms with Gasteiger partial charge in [0.15, 0.2) is 0 Å². The molecule has 0 spiro atoms. The van der Waals surface area contributed by atoms with Gasteiger partial charge in [0.2, 0.25) is 0 Å². The Labute approximate surface area is 116 Å². The summed E-state index contributed by atoms with van der Waals surface area (Å²) < 4.78 is 2.20. The minimum absolute atomic E-state index is 0.148. The SMILES string of the molecule is O=C(O)c1cc(Br)cn1-c1ccc(Cl)c(Cl)c1. The van der Waals surface area contributed by atoms with E-state index in [0.29, 0.717) is 20.2 Å². The summed E-state index contributed by atoms with van der Waals surface area (Å²) in [5.41, 5.74) is 0.790. The molecule has 3 nitrogen and oxygen atoms in total. The number of nitrogens with zero attached hydrogens (tertiary/aromatic N) is 1. The number of hydrogen-bond donors (Lipinski definition) is 1. The molecule has 0 unspecified atom stereocenters. The van der Waals surface area contributed by atoms with Crippen LogP contribution >= 0.6 is 39.1 Å².